The molecule has 0 radical (unpaired) electrons. The fourth-order valence-electron chi connectivity index (χ4n) is 3.85. The predicted octanol–water partition coefficient (Wildman–Crippen LogP) is 7.56. The summed E-state index contributed by atoms with van der Waals surface area (Å²) in [6.45, 7) is 2.18. The number of aryl methyl sites for hydroxylation is 1. The van der Waals surface area contributed by atoms with Crippen LogP contribution in [0.4, 0.5) is 0 Å². The second-order valence-corrected chi connectivity index (χ2v) is 15.2. The Morgan fingerprint density at radius 1 is 0.581 bits per heavy atom. The van der Waals surface area contributed by atoms with Crippen molar-refractivity contribution in [3.8, 4) is 0 Å². The zero-order chi connectivity index (χ0) is 22.1. The third-order valence-electron chi connectivity index (χ3n) is 5.09. The molecule has 0 nitrogen and oxygen atoms in total. The molecule has 0 unspecified atom stereocenters. The molecule has 0 spiro atoms. The normalized spacial score (nSPS) is 11.3. The van der Waals surface area contributed by atoms with E-state index in [9.17, 15) is 0 Å². The van der Waals surface area contributed by atoms with Gasteiger partial charge in [-0.1, -0.05) is 84.4 Å². The number of rotatable bonds is 5. The van der Waals surface area contributed by atoms with Crippen molar-refractivity contribution in [1.82, 2.24) is 0 Å². The van der Waals surface area contributed by atoms with E-state index in [4.69, 9.17) is 30.3 Å². The van der Waals surface area contributed by atoms with Crippen molar-refractivity contribution in [2.45, 2.75) is 13.1 Å². The first-order valence-corrected chi connectivity index (χ1v) is 15.6. The van der Waals surface area contributed by atoms with Gasteiger partial charge >= 0.3 is 41.5 Å². The van der Waals surface area contributed by atoms with E-state index in [1.807, 2.05) is 0 Å². The SMILES string of the molecule is Cc1cccc(C[P+](c2ccccc2)(c2ccccc2)c2ccccc2)c1.[Cl][Cu-]([Cl])[Cl]. The average Bonchev–Trinajstić information content (AvgIpc) is 2.79. The Bertz CT molecular complexity index is 958. The van der Waals surface area contributed by atoms with Crippen molar-refractivity contribution < 1.29 is 11.2 Å². The Morgan fingerprint density at radius 2 is 0.968 bits per heavy atom. The Morgan fingerprint density at radius 3 is 1.32 bits per heavy atom. The van der Waals surface area contributed by atoms with Crippen LogP contribution in [0.5, 0.6) is 0 Å². The van der Waals surface area contributed by atoms with Gasteiger partial charge in [-0.15, -0.1) is 0 Å². The molecule has 0 aromatic heterocycles. The second kappa shape index (κ2) is 12.1. The maximum absolute atomic E-state index is 4.83. The molecule has 0 fully saturated rings. The molecule has 4 aromatic carbocycles. The van der Waals surface area contributed by atoms with Crippen molar-refractivity contribution in [3.05, 3.63) is 126 Å². The molecule has 4 rings (SSSR count). The van der Waals surface area contributed by atoms with Gasteiger partial charge in [0.15, 0.2) is 0 Å². The number of halogens is 3. The molecule has 5 heteroatoms. The van der Waals surface area contributed by atoms with Crippen molar-refractivity contribution in [2.75, 3.05) is 0 Å². The molecule has 0 saturated carbocycles. The van der Waals surface area contributed by atoms with Crippen molar-refractivity contribution in [2.24, 2.45) is 0 Å². The molecule has 0 aliphatic rings. The molecule has 4 aromatic rings. The van der Waals surface area contributed by atoms with Gasteiger partial charge in [-0.2, -0.15) is 0 Å². The first-order chi connectivity index (χ1) is 15.0. The molecule has 0 saturated heterocycles. The van der Waals surface area contributed by atoms with E-state index in [2.05, 4.69) is 122 Å². The van der Waals surface area contributed by atoms with Gasteiger partial charge in [-0.25, -0.2) is 0 Å². The van der Waals surface area contributed by atoms with Gasteiger partial charge in [0.25, 0.3) is 0 Å². The van der Waals surface area contributed by atoms with E-state index in [0.29, 0.717) is 0 Å². The fraction of sp³-hybridized carbons (Fsp3) is 0.0769. The zero-order valence-electron chi connectivity index (χ0n) is 17.1. The first-order valence-electron chi connectivity index (χ1n) is 9.74. The van der Waals surface area contributed by atoms with Gasteiger partial charge in [-0.3, -0.25) is 0 Å². The molecular formula is C26H24Cl3CuP. The zero-order valence-corrected chi connectivity index (χ0v) is 21.2. The first kappa shape index (κ1) is 24.3. The summed E-state index contributed by atoms with van der Waals surface area (Å²) in [4.78, 5) is 0. The summed E-state index contributed by atoms with van der Waals surface area (Å²) >= 11 is -0.896. The van der Waals surface area contributed by atoms with E-state index in [1.54, 1.807) is 0 Å². The predicted molar refractivity (Wildman–Crippen MR) is 138 cm³/mol. The molecule has 165 valence electrons. The summed E-state index contributed by atoms with van der Waals surface area (Å²) in [5, 5.41) is 4.30. The van der Waals surface area contributed by atoms with Crippen molar-refractivity contribution in [3.63, 3.8) is 0 Å². The summed E-state index contributed by atoms with van der Waals surface area (Å²) in [5.74, 6) is 0. The Labute approximate surface area is 203 Å². The third kappa shape index (κ3) is 6.59. The van der Waals surface area contributed by atoms with Gasteiger partial charge in [0.05, 0.1) is 6.16 Å². The van der Waals surface area contributed by atoms with Crippen LogP contribution in [0.15, 0.2) is 115 Å². The quantitative estimate of drug-likeness (QED) is 0.182. The molecule has 0 amide bonds. The second-order valence-electron chi connectivity index (χ2n) is 7.09. The topological polar surface area (TPSA) is 0 Å². The molecule has 31 heavy (non-hydrogen) atoms. The van der Waals surface area contributed by atoms with Crippen molar-refractivity contribution in [1.29, 1.82) is 0 Å². The van der Waals surface area contributed by atoms with E-state index in [1.165, 1.54) is 27.0 Å². The molecular weight excluding hydrogens is 513 g/mol. The van der Waals surface area contributed by atoms with E-state index < -0.39 is 18.4 Å². The molecule has 0 aliphatic heterocycles. The molecule has 0 heterocycles. The Hall–Kier alpha value is -1.30. The van der Waals surface area contributed by atoms with Gasteiger partial charge in [0.1, 0.15) is 23.2 Å². The minimum atomic E-state index is -1.79. The van der Waals surface area contributed by atoms with Crippen LogP contribution in [-0.4, -0.2) is 0 Å². The van der Waals surface area contributed by atoms with Crippen LogP contribution in [-0.2, 0) is 17.3 Å². The minimum absolute atomic E-state index is 0.896. The Kier molecular flexibility index (Phi) is 9.48. The monoisotopic (exact) mass is 535 g/mol. The van der Waals surface area contributed by atoms with Crippen molar-refractivity contribution >= 4 is 53.5 Å². The summed E-state index contributed by atoms with van der Waals surface area (Å²) in [6, 6.07) is 42.2. The van der Waals surface area contributed by atoms with E-state index in [-0.39, 0.29) is 0 Å². The van der Waals surface area contributed by atoms with E-state index >= 15 is 0 Å². The summed E-state index contributed by atoms with van der Waals surface area (Å²) < 4.78 is 0. The van der Waals surface area contributed by atoms with Crippen LogP contribution in [0.3, 0.4) is 0 Å². The van der Waals surface area contributed by atoms with Crippen LogP contribution in [0.25, 0.3) is 0 Å². The van der Waals surface area contributed by atoms with Gasteiger partial charge < -0.3 is 0 Å². The maximum atomic E-state index is 4.83. The van der Waals surface area contributed by atoms with Crippen LogP contribution in [0, 0.1) is 6.92 Å². The molecule has 0 bridgehead atoms. The van der Waals surface area contributed by atoms with Crippen LogP contribution in [0.2, 0.25) is 0 Å². The number of benzene rings is 4. The third-order valence-corrected chi connectivity index (χ3v) is 9.47. The number of hydrogen-bond donors (Lipinski definition) is 0. The molecule has 0 atom stereocenters. The average molecular weight is 537 g/mol. The standard InChI is InChI=1S/C26H24P.3ClH.Cu/c1-22-12-11-13-23(20-22)21-27(24-14-5-2-6-15-24,25-16-7-3-8-17-25)26-18-9-4-10-19-26;;;;/h2-20H,21H2,1H3;3*1H;/q+1;;;;+2/p-3. The summed E-state index contributed by atoms with van der Waals surface area (Å²) in [6.07, 6.45) is 1.03. The Balaban J connectivity index is 0.000000628. The summed E-state index contributed by atoms with van der Waals surface area (Å²) in [7, 11) is 12.7. The van der Waals surface area contributed by atoms with Gasteiger partial charge in [0.2, 0.25) is 0 Å². The van der Waals surface area contributed by atoms with Crippen LogP contribution in [0.1, 0.15) is 11.1 Å². The number of hydrogen-bond acceptors (Lipinski definition) is 0. The van der Waals surface area contributed by atoms with Gasteiger partial charge in [-0.05, 0) is 48.9 Å². The molecule has 0 aliphatic carbocycles. The van der Waals surface area contributed by atoms with Gasteiger partial charge in [0, 0.05) is 0 Å². The van der Waals surface area contributed by atoms with Crippen LogP contribution < -0.4 is 15.9 Å². The fourth-order valence-corrected chi connectivity index (χ4v) is 8.08. The summed E-state index contributed by atoms with van der Waals surface area (Å²) in [5.41, 5.74) is 2.72. The van der Waals surface area contributed by atoms with E-state index in [0.717, 1.165) is 6.16 Å². The molecule has 0 N–H and O–H groups in total. The van der Waals surface area contributed by atoms with Crippen LogP contribution >= 0.6 is 37.6 Å².